The van der Waals surface area contributed by atoms with E-state index in [0.29, 0.717) is 6.04 Å². The second-order valence-corrected chi connectivity index (χ2v) is 4.43. The van der Waals surface area contributed by atoms with Crippen molar-refractivity contribution in [2.75, 3.05) is 11.1 Å². The molecule has 0 aliphatic rings. The summed E-state index contributed by atoms with van der Waals surface area (Å²) in [5.41, 5.74) is 7.81. The van der Waals surface area contributed by atoms with Gasteiger partial charge in [0, 0.05) is 12.2 Å². The smallest absolute Gasteiger partial charge is 0.149 e. The van der Waals surface area contributed by atoms with Crippen LogP contribution in [0, 0.1) is 6.92 Å². The van der Waals surface area contributed by atoms with Gasteiger partial charge in [0.05, 0.1) is 5.69 Å². The van der Waals surface area contributed by atoms with E-state index in [1.807, 2.05) is 13.0 Å². The lowest BCUT2D eigenvalue weighted by Gasteiger charge is -2.16. The Balaban J connectivity index is 2.49. The van der Waals surface area contributed by atoms with E-state index in [4.69, 9.17) is 5.73 Å². The highest BCUT2D eigenvalue weighted by Crippen LogP contribution is 2.20. The first-order valence-corrected chi connectivity index (χ1v) is 6.12. The number of hydrogen-bond donors (Lipinski definition) is 2. The molecule has 1 unspecified atom stereocenters. The maximum absolute atomic E-state index is 5.96. The van der Waals surface area contributed by atoms with Crippen LogP contribution in [0.15, 0.2) is 12.3 Å². The van der Waals surface area contributed by atoms with Crippen molar-refractivity contribution in [1.29, 1.82) is 0 Å². The first-order chi connectivity index (χ1) is 7.65. The average molecular weight is 221 g/mol. The van der Waals surface area contributed by atoms with Crippen molar-refractivity contribution >= 4 is 11.5 Å². The van der Waals surface area contributed by atoms with E-state index >= 15 is 0 Å². The van der Waals surface area contributed by atoms with Crippen LogP contribution in [0.25, 0.3) is 0 Å². The largest absolute Gasteiger partial charge is 0.396 e. The molecule has 1 atom stereocenters. The Bertz CT molecular complexity index is 323. The summed E-state index contributed by atoms with van der Waals surface area (Å²) in [6, 6.07) is 2.37. The molecule has 0 aliphatic heterocycles. The second kappa shape index (κ2) is 6.36. The van der Waals surface area contributed by atoms with E-state index in [1.165, 1.54) is 25.7 Å². The molecule has 0 spiro atoms. The maximum atomic E-state index is 5.96. The summed E-state index contributed by atoms with van der Waals surface area (Å²) in [6.07, 6.45) is 6.78. The van der Waals surface area contributed by atoms with Crippen molar-refractivity contribution in [3.63, 3.8) is 0 Å². The van der Waals surface area contributed by atoms with Crippen LogP contribution < -0.4 is 11.1 Å². The summed E-state index contributed by atoms with van der Waals surface area (Å²) in [7, 11) is 0. The van der Waals surface area contributed by atoms with Crippen molar-refractivity contribution in [3.05, 3.63) is 17.8 Å². The number of nitrogens with zero attached hydrogens (tertiary/aromatic N) is 1. The topological polar surface area (TPSA) is 50.9 Å². The highest BCUT2D eigenvalue weighted by Gasteiger charge is 2.06. The number of nitrogens with two attached hydrogens (primary N) is 1. The molecule has 0 radical (unpaired) electrons. The third-order valence-corrected chi connectivity index (χ3v) is 2.83. The average Bonchev–Trinajstić information content (AvgIpc) is 2.25. The van der Waals surface area contributed by atoms with E-state index in [0.717, 1.165) is 17.1 Å². The Morgan fingerprint density at radius 3 is 2.88 bits per heavy atom. The first kappa shape index (κ1) is 12.8. The number of aromatic nitrogens is 1. The Labute approximate surface area is 98.5 Å². The highest BCUT2D eigenvalue weighted by atomic mass is 15.0. The van der Waals surface area contributed by atoms with Crippen LogP contribution in [-0.2, 0) is 0 Å². The Morgan fingerprint density at radius 2 is 2.19 bits per heavy atom. The minimum absolute atomic E-state index is 0.433. The molecule has 0 aliphatic carbocycles. The first-order valence-electron chi connectivity index (χ1n) is 6.12. The van der Waals surface area contributed by atoms with Gasteiger partial charge in [0.2, 0.25) is 0 Å². The number of nitrogen functional groups attached to an aromatic ring is 1. The van der Waals surface area contributed by atoms with Gasteiger partial charge in [0.1, 0.15) is 5.82 Å². The number of aryl methyl sites for hydroxylation is 1. The number of hydrogen-bond acceptors (Lipinski definition) is 3. The monoisotopic (exact) mass is 221 g/mol. The van der Waals surface area contributed by atoms with E-state index in [-0.39, 0.29) is 0 Å². The highest BCUT2D eigenvalue weighted by molar-refractivity contribution is 5.65. The lowest BCUT2D eigenvalue weighted by Crippen LogP contribution is -2.17. The van der Waals surface area contributed by atoms with Crippen molar-refractivity contribution in [2.24, 2.45) is 0 Å². The number of nitrogens with one attached hydrogen (secondary N) is 1. The van der Waals surface area contributed by atoms with E-state index in [9.17, 15) is 0 Å². The van der Waals surface area contributed by atoms with Crippen LogP contribution in [0.2, 0.25) is 0 Å². The number of unbranched alkanes of at least 4 members (excludes halogenated alkanes) is 2. The van der Waals surface area contributed by atoms with Crippen molar-refractivity contribution in [1.82, 2.24) is 4.98 Å². The zero-order valence-electron chi connectivity index (χ0n) is 10.6. The fourth-order valence-corrected chi connectivity index (χ4v) is 1.69. The van der Waals surface area contributed by atoms with Gasteiger partial charge in [0.25, 0.3) is 0 Å². The molecule has 0 saturated carbocycles. The number of pyridine rings is 1. The van der Waals surface area contributed by atoms with Crippen LogP contribution in [-0.4, -0.2) is 11.0 Å². The van der Waals surface area contributed by atoms with Gasteiger partial charge in [-0.25, -0.2) is 4.98 Å². The molecule has 1 aromatic heterocycles. The molecule has 90 valence electrons. The van der Waals surface area contributed by atoms with Crippen LogP contribution in [0.1, 0.15) is 45.1 Å². The van der Waals surface area contributed by atoms with Gasteiger partial charge in [-0.15, -0.1) is 0 Å². The summed E-state index contributed by atoms with van der Waals surface area (Å²) in [5, 5.41) is 3.37. The predicted octanol–water partition coefficient (Wildman–Crippen LogP) is 3.35. The van der Waals surface area contributed by atoms with Gasteiger partial charge in [-0.1, -0.05) is 26.2 Å². The molecule has 3 nitrogen and oxygen atoms in total. The third-order valence-electron chi connectivity index (χ3n) is 2.83. The van der Waals surface area contributed by atoms with E-state index in [1.54, 1.807) is 6.20 Å². The fourth-order valence-electron chi connectivity index (χ4n) is 1.69. The standard InChI is InChI=1S/C13H23N3/c1-4-5-6-7-11(3)16-13-12(14)10(2)8-9-15-13/h8-9,11H,4-7,14H2,1-3H3,(H,15,16). The molecule has 3 N–H and O–H groups in total. The SMILES string of the molecule is CCCCCC(C)Nc1nccc(C)c1N. The minimum Gasteiger partial charge on any atom is -0.396 e. The lowest BCUT2D eigenvalue weighted by molar-refractivity contribution is 0.614. The van der Waals surface area contributed by atoms with Crippen LogP contribution >= 0.6 is 0 Å². The quantitative estimate of drug-likeness (QED) is 0.724. The molecule has 0 bridgehead atoms. The molecular formula is C13H23N3. The Morgan fingerprint density at radius 1 is 1.44 bits per heavy atom. The maximum Gasteiger partial charge on any atom is 0.149 e. The Hall–Kier alpha value is -1.25. The minimum atomic E-state index is 0.433. The summed E-state index contributed by atoms with van der Waals surface area (Å²) >= 11 is 0. The van der Waals surface area contributed by atoms with Crippen molar-refractivity contribution < 1.29 is 0 Å². The summed E-state index contributed by atoms with van der Waals surface area (Å²) < 4.78 is 0. The fraction of sp³-hybridized carbons (Fsp3) is 0.615. The molecule has 16 heavy (non-hydrogen) atoms. The molecule has 0 saturated heterocycles. The van der Waals surface area contributed by atoms with Crippen molar-refractivity contribution in [3.8, 4) is 0 Å². The zero-order valence-corrected chi connectivity index (χ0v) is 10.6. The molecule has 1 rings (SSSR count). The van der Waals surface area contributed by atoms with Gasteiger partial charge in [-0.2, -0.15) is 0 Å². The molecule has 0 amide bonds. The number of anilines is 2. The molecular weight excluding hydrogens is 198 g/mol. The lowest BCUT2D eigenvalue weighted by atomic mass is 10.1. The van der Waals surface area contributed by atoms with E-state index < -0.39 is 0 Å². The normalized spacial score (nSPS) is 12.4. The summed E-state index contributed by atoms with van der Waals surface area (Å²) in [6.45, 7) is 6.40. The Kier molecular flexibility index (Phi) is 5.09. The third kappa shape index (κ3) is 3.72. The van der Waals surface area contributed by atoms with Crippen LogP contribution in [0.3, 0.4) is 0 Å². The van der Waals surface area contributed by atoms with E-state index in [2.05, 4.69) is 24.1 Å². The van der Waals surface area contributed by atoms with Gasteiger partial charge in [-0.3, -0.25) is 0 Å². The molecule has 0 fully saturated rings. The van der Waals surface area contributed by atoms with Crippen LogP contribution in [0.4, 0.5) is 11.5 Å². The zero-order chi connectivity index (χ0) is 12.0. The van der Waals surface area contributed by atoms with Crippen molar-refractivity contribution in [2.45, 2.75) is 52.5 Å². The molecule has 0 aromatic carbocycles. The van der Waals surface area contributed by atoms with Gasteiger partial charge in [-0.05, 0) is 31.9 Å². The van der Waals surface area contributed by atoms with Gasteiger partial charge >= 0.3 is 0 Å². The summed E-state index contributed by atoms with van der Waals surface area (Å²) in [5.74, 6) is 0.823. The molecule has 1 aromatic rings. The molecule has 1 heterocycles. The van der Waals surface area contributed by atoms with Gasteiger partial charge < -0.3 is 11.1 Å². The van der Waals surface area contributed by atoms with Crippen LogP contribution in [0.5, 0.6) is 0 Å². The second-order valence-electron chi connectivity index (χ2n) is 4.43. The summed E-state index contributed by atoms with van der Waals surface area (Å²) in [4.78, 5) is 4.27. The molecule has 3 heteroatoms. The van der Waals surface area contributed by atoms with Gasteiger partial charge in [0.15, 0.2) is 0 Å². The number of rotatable bonds is 6. The predicted molar refractivity (Wildman–Crippen MR) is 70.6 cm³/mol.